The summed E-state index contributed by atoms with van der Waals surface area (Å²) in [5.74, 6) is 2.16. The summed E-state index contributed by atoms with van der Waals surface area (Å²) in [6.07, 6.45) is 5.21. The molecule has 2 unspecified atom stereocenters. The summed E-state index contributed by atoms with van der Waals surface area (Å²) in [5, 5.41) is 8.29. The molecule has 0 spiro atoms. The summed E-state index contributed by atoms with van der Waals surface area (Å²) in [7, 11) is 0. The first-order chi connectivity index (χ1) is 14.2. The molecule has 0 heterocycles. The highest BCUT2D eigenvalue weighted by Crippen LogP contribution is 2.55. The maximum Gasteiger partial charge on any atom is -0.00838 e. The Kier molecular flexibility index (Phi) is 4.46. The van der Waals surface area contributed by atoms with Crippen LogP contribution < -0.4 is 0 Å². The first-order valence-electron chi connectivity index (χ1n) is 11.3. The number of benzene rings is 4. The van der Waals surface area contributed by atoms with Gasteiger partial charge >= 0.3 is 0 Å². The average molecular weight is 379 g/mol. The van der Waals surface area contributed by atoms with Crippen LogP contribution in [0.4, 0.5) is 0 Å². The van der Waals surface area contributed by atoms with Crippen molar-refractivity contribution in [3.05, 3.63) is 77.4 Å². The predicted molar refractivity (Wildman–Crippen MR) is 129 cm³/mol. The van der Waals surface area contributed by atoms with Crippen LogP contribution in [0.2, 0.25) is 0 Å². The molecule has 0 bridgehead atoms. The predicted octanol–water partition coefficient (Wildman–Crippen LogP) is 8.72. The zero-order chi connectivity index (χ0) is 20.1. The lowest BCUT2D eigenvalue weighted by Crippen LogP contribution is -2.30. The van der Waals surface area contributed by atoms with Crippen molar-refractivity contribution in [3.8, 4) is 0 Å². The van der Waals surface area contributed by atoms with Crippen molar-refractivity contribution in [1.29, 1.82) is 0 Å². The third-order valence-corrected chi connectivity index (χ3v) is 7.02. The Morgan fingerprint density at radius 2 is 1.38 bits per heavy atom. The molecule has 2 aliphatic rings. The first-order valence-corrected chi connectivity index (χ1v) is 11.3. The van der Waals surface area contributed by atoms with Gasteiger partial charge in [-0.25, -0.2) is 0 Å². The maximum atomic E-state index is 2.50. The highest BCUT2D eigenvalue weighted by Gasteiger charge is 2.40. The third kappa shape index (κ3) is 2.73. The fourth-order valence-corrected chi connectivity index (χ4v) is 5.54. The van der Waals surface area contributed by atoms with Crippen molar-refractivity contribution in [2.24, 2.45) is 11.8 Å². The molecule has 0 heteroatoms. The van der Waals surface area contributed by atoms with E-state index in [4.69, 9.17) is 0 Å². The lowest BCUT2D eigenvalue weighted by molar-refractivity contribution is 0.282. The van der Waals surface area contributed by atoms with Gasteiger partial charge < -0.3 is 0 Å². The lowest BCUT2D eigenvalue weighted by atomic mass is 9.60. The van der Waals surface area contributed by atoms with Crippen LogP contribution in [-0.2, 0) is 0 Å². The monoisotopic (exact) mass is 378 g/mol. The van der Waals surface area contributed by atoms with Gasteiger partial charge in [0.15, 0.2) is 0 Å². The Hall–Kier alpha value is -2.60. The van der Waals surface area contributed by atoms with Crippen molar-refractivity contribution in [1.82, 2.24) is 0 Å². The highest BCUT2D eigenvalue weighted by molar-refractivity contribution is 6.13. The van der Waals surface area contributed by atoms with E-state index in [2.05, 4.69) is 80.6 Å². The van der Waals surface area contributed by atoms with Crippen molar-refractivity contribution >= 4 is 38.4 Å². The van der Waals surface area contributed by atoms with Gasteiger partial charge in [-0.15, -0.1) is 0 Å². The van der Waals surface area contributed by atoms with Crippen molar-refractivity contribution in [3.63, 3.8) is 0 Å². The van der Waals surface area contributed by atoms with Crippen LogP contribution in [0.25, 0.3) is 38.4 Å². The van der Waals surface area contributed by atoms with Crippen LogP contribution in [-0.4, -0.2) is 0 Å². The molecule has 0 nitrogen and oxygen atoms in total. The van der Waals surface area contributed by atoms with Gasteiger partial charge in [0.2, 0.25) is 0 Å². The summed E-state index contributed by atoms with van der Waals surface area (Å²) in [6.45, 7) is 8.71. The van der Waals surface area contributed by atoms with Gasteiger partial charge in [-0.2, -0.15) is 0 Å². The van der Waals surface area contributed by atoms with Crippen LogP contribution in [0, 0.1) is 11.8 Å². The van der Waals surface area contributed by atoms with Gasteiger partial charge in [0.05, 0.1) is 0 Å². The van der Waals surface area contributed by atoms with Gasteiger partial charge in [0.25, 0.3) is 0 Å². The summed E-state index contributed by atoms with van der Waals surface area (Å²) < 4.78 is 0. The van der Waals surface area contributed by atoms with Crippen LogP contribution in [0.1, 0.15) is 57.6 Å². The van der Waals surface area contributed by atoms with Crippen LogP contribution in [0.5, 0.6) is 0 Å². The number of hydrogen-bond donors (Lipinski definition) is 0. The molecule has 0 amide bonds. The van der Waals surface area contributed by atoms with E-state index in [1.54, 1.807) is 11.1 Å². The smallest absolute Gasteiger partial charge is 0.00838 e. The van der Waals surface area contributed by atoms with Crippen molar-refractivity contribution in [2.45, 2.75) is 46.5 Å². The van der Waals surface area contributed by atoms with Gasteiger partial charge in [-0.3, -0.25) is 0 Å². The molecule has 146 valence electrons. The fraction of sp³-hybridized carbons (Fsp3) is 0.310. The van der Waals surface area contributed by atoms with Crippen molar-refractivity contribution < 1.29 is 0 Å². The van der Waals surface area contributed by atoms with E-state index in [0.717, 1.165) is 11.8 Å². The Labute approximate surface area is 174 Å². The molecule has 4 aromatic carbocycles. The Morgan fingerprint density at radius 1 is 0.690 bits per heavy atom. The molecule has 1 saturated carbocycles. The van der Waals surface area contributed by atoms with E-state index >= 15 is 0 Å². The standard InChI is InChI=1S/C27H24.C2H6/c1-16(2)25-15-20-8-9-22-23(27(20)24-12-11-21(24)25)10-7-19-13-17-5-3-4-6-18(17)14-26(19)22;1-2/h3-10,13-16,21,24H,11-12H2,1-2H3;1-2H3. The van der Waals surface area contributed by atoms with Crippen LogP contribution in [0.3, 0.4) is 0 Å². The van der Waals surface area contributed by atoms with Gasteiger partial charge in [-0.05, 0) is 86.2 Å². The number of hydrogen-bond acceptors (Lipinski definition) is 0. The second-order valence-corrected chi connectivity index (χ2v) is 8.74. The molecule has 0 aromatic heterocycles. The minimum absolute atomic E-state index is 0.657. The van der Waals surface area contributed by atoms with E-state index in [-0.39, 0.29) is 0 Å². The van der Waals surface area contributed by atoms with Crippen LogP contribution in [0.15, 0.2) is 66.2 Å². The van der Waals surface area contributed by atoms with E-state index in [1.807, 2.05) is 13.8 Å². The zero-order valence-corrected chi connectivity index (χ0v) is 18.0. The summed E-state index contributed by atoms with van der Waals surface area (Å²) in [4.78, 5) is 0. The van der Waals surface area contributed by atoms with Gasteiger partial charge in [0.1, 0.15) is 0 Å². The van der Waals surface area contributed by atoms with Crippen molar-refractivity contribution in [2.75, 3.05) is 0 Å². The zero-order valence-electron chi connectivity index (χ0n) is 18.0. The molecule has 2 aliphatic carbocycles. The molecular formula is C29H30. The molecule has 1 fully saturated rings. The molecule has 0 aliphatic heterocycles. The maximum absolute atomic E-state index is 2.50. The highest BCUT2D eigenvalue weighted by atomic mass is 14.4. The summed E-state index contributed by atoms with van der Waals surface area (Å²) in [5.41, 5.74) is 4.75. The largest absolute Gasteiger partial charge is 0.0683 e. The normalized spacial score (nSPS) is 20.0. The molecule has 0 N–H and O–H groups in total. The molecule has 4 aromatic rings. The van der Waals surface area contributed by atoms with Gasteiger partial charge in [0, 0.05) is 0 Å². The molecule has 0 radical (unpaired) electrons. The number of fused-ring (bicyclic) bond motifs is 8. The second-order valence-electron chi connectivity index (χ2n) is 8.74. The lowest BCUT2D eigenvalue weighted by Gasteiger charge is -2.44. The van der Waals surface area contributed by atoms with E-state index in [9.17, 15) is 0 Å². The Balaban J connectivity index is 0.000000882. The van der Waals surface area contributed by atoms with Gasteiger partial charge in [-0.1, -0.05) is 87.9 Å². The average Bonchev–Trinajstić information content (AvgIpc) is 2.73. The summed E-state index contributed by atoms with van der Waals surface area (Å²) >= 11 is 0. The molecule has 29 heavy (non-hydrogen) atoms. The topological polar surface area (TPSA) is 0 Å². The molecule has 6 rings (SSSR count). The van der Waals surface area contributed by atoms with E-state index in [0.29, 0.717) is 5.92 Å². The van der Waals surface area contributed by atoms with E-state index < -0.39 is 0 Å². The fourth-order valence-electron chi connectivity index (χ4n) is 5.54. The third-order valence-electron chi connectivity index (χ3n) is 7.02. The molecular weight excluding hydrogens is 348 g/mol. The Bertz CT molecular complexity index is 1260. The molecule has 2 atom stereocenters. The quantitative estimate of drug-likeness (QED) is 0.229. The van der Waals surface area contributed by atoms with Crippen LogP contribution >= 0.6 is 0 Å². The summed E-state index contributed by atoms with van der Waals surface area (Å²) in [6, 6.07) is 22.9. The number of rotatable bonds is 1. The van der Waals surface area contributed by atoms with E-state index in [1.165, 1.54) is 50.7 Å². The minimum Gasteiger partial charge on any atom is -0.0683 e. The first kappa shape index (κ1) is 18.4. The second kappa shape index (κ2) is 7.02. The Morgan fingerprint density at radius 3 is 2.07 bits per heavy atom. The SMILES string of the molecule is CC.CC(C)C1=Cc2ccc3c(ccc4cc5ccccc5cc43)c2C2CCC12. The molecule has 0 saturated heterocycles. The minimum atomic E-state index is 0.657. The number of allylic oxidation sites excluding steroid dienone is 1.